The van der Waals surface area contributed by atoms with Gasteiger partial charge in [0.2, 0.25) is 0 Å². The molecule has 0 heterocycles. The Bertz CT molecular complexity index is 689. The van der Waals surface area contributed by atoms with Crippen LogP contribution in [-0.2, 0) is 0 Å². The van der Waals surface area contributed by atoms with Crippen LogP contribution in [0.15, 0.2) is 91.0 Å². The van der Waals surface area contributed by atoms with Crippen LogP contribution < -0.4 is 15.9 Å². The van der Waals surface area contributed by atoms with Crippen molar-refractivity contribution in [3.05, 3.63) is 91.0 Å². The molecule has 0 bridgehead atoms. The summed E-state index contributed by atoms with van der Waals surface area (Å²) in [6.07, 6.45) is 0.985. The summed E-state index contributed by atoms with van der Waals surface area (Å²) in [5, 5.41) is 5.41. The topological polar surface area (TPSA) is 0 Å². The predicted octanol–water partition coefficient (Wildman–Crippen LogP) is 5.48. The van der Waals surface area contributed by atoms with E-state index in [1.165, 1.54) is 34.9 Å². The van der Waals surface area contributed by atoms with Gasteiger partial charge in [0.05, 0.1) is 0 Å². The van der Waals surface area contributed by atoms with Crippen molar-refractivity contribution in [3.8, 4) is 0 Å². The summed E-state index contributed by atoms with van der Waals surface area (Å²) in [4.78, 5) is 0. The van der Waals surface area contributed by atoms with E-state index in [9.17, 15) is 0 Å². The molecule has 3 heteroatoms. The molecule has 0 spiro atoms. The zero-order valence-corrected chi connectivity index (χ0v) is 18.0. The van der Waals surface area contributed by atoms with Crippen LogP contribution in [0.3, 0.4) is 0 Å². The van der Waals surface area contributed by atoms with Crippen molar-refractivity contribution >= 4 is 47.1 Å². The average molecular weight is 431 g/mol. The van der Waals surface area contributed by atoms with Crippen LogP contribution in [0.25, 0.3) is 0 Å². The van der Waals surface area contributed by atoms with Crippen LogP contribution in [0.2, 0.25) is 0 Å². The van der Waals surface area contributed by atoms with Gasteiger partial charge >= 0.3 is 162 Å². The van der Waals surface area contributed by atoms with Gasteiger partial charge in [0.15, 0.2) is 0 Å². The van der Waals surface area contributed by atoms with Gasteiger partial charge in [-0.25, -0.2) is 0 Å². The standard InChI is InChI=1S/C22H25BrP2/c23-18-10-11-19-25(24,20-12-4-1-5-13-20,21-14-6-2-7-15-21)22-16-8-3-9-17-22/h1-9,12-17H,10-11,18-19,24H2. The molecule has 3 aromatic carbocycles. The minimum atomic E-state index is -2.57. The average Bonchev–Trinajstić information content (AvgIpc) is 2.70. The molecule has 0 fully saturated rings. The summed E-state index contributed by atoms with van der Waals surface area (Å²) in [5.74, 6) is 0. The van der Waals surface area contributed by atoms with E-state index in [0.29, 0.717) is 0 Å². The van der Waals surface area contributed by atoms with Crippen molar-refractivity contribution in [2.75, 3.05) is 11.5 Å². The van der Waals surface area contributed by atoms with Gasteiger partial charge in [0.1, 0.15) is 0 Å². The third-order valence-corrected chi connectivity index (χ3v) is 14.7. The maximum atomic E-state index is 3.61. The molecular formula is C22H25BrP2. The Kier molecular flexibility index (Phi) is 6.11. The second-order valence-electron chi connectivity index (χ2n) is 6.51. The first-order valence-corrected chi connectivity index (χ1v) is 13.9. The van der Waals surface area contributed by atoms with Crippen molar-refractivity contribution in [2.45, 2.75) is 12.8 Å². The summed E-state index contributed by atoms with van der Waals surface area (Å²) in [6, 6.07) is 33.3. The predicted molar refractivity (Wildman–Crippen MR) is 123 cm³/mol. The normalized spacial score (nSPS) is 13.1. The Morgan fingerprint density at radius 2 is 0.960 bits per heavy atom. The van der Waals surface area contributed by atoms with Crippen LogP contribution in [0.4, 0.5) is 0 Å². The summed E-state index contributed by atoms with van der Waals surface area (Å²) in [7, 11) is 3.40. The molecule has 0 aliphatic heterocycles. The molecule has 0 aliphatic rings. The van der Waals surface area contributed by atoms with Crippen molar-refractivity contribution in [3.63, 3.8) is 0 Å². The molecule has 3 aromatic rings. The molecule has 25 heavy (non-hydrogen) atoms. The number of halogens is 1. The van der Waals surface area contributed by atoms with Crippen LogP contribution >= 0.6 is 31.2 Å². The first-order chi connectivity index (χ1) is 12.2. The fraction of sp³-hybridized carbons (Fsp3) is 0.182. The van der Waals surface area contributed by atoms with Crippen LogP contribution in [0.5, 0.6) is 0 Å². The SMILES string of the molecule is PP(CCCCBr)(c1ccccc1)(c1ccccc1)c1ccccc1. The third kappa shape index (κ3) is 3.48. The van der Waals surface area contributed by atoms with Gasteiger partial charge in [0.25, 0.3) is 0 Å². The monoisotopic (exact) mass is 430 g/mol. The minimum absolute atomic E-state index is 1.06. The number of hydrogen-bond donors (Lipinski definition) is 0. The Morgan fingerprint density at radius 1 is 0.600 bits per heavy atom. The van der Waals surface area contributed by atoms with E-state index < -0.39 is 6.29 Å². The van der Waals surface area contributed by atoms with Gasteiger partial charge in [-0.15, -0.1) is 0 Å². The van der Waals surface area contributed by atoms with E-state index in [0.717, 1.165) is 5.33 Å². The molecule has 0 nitrogen and oxygen atoms in total. The Hall–Kier alpha value is -1.00. The Balaban J connectivity index is 2.32. The molecule has 1 unspecified atom stereocenters. The quantitative estimate of drug-likeness (QED) is 0.264. The van der Waals surface area contributed by atoms with E-state index in [1.54, 1.807) is 0 Å². The molecule has 3 rings (SSSR count). The van der Waals surface area contributed by atoms with Crippen molar-refractivity contribution in [1.82, 2.24) is 0 Å². The molecule has 1 atom stereocenters. The van der Waals surface area contributed by atoms with Gasteiger partial charge < -0.3 is 0 Å². The molecule has 0 N–H and O–H groups in total. The first kappa shape index (κ1) is 18.8. The Labute approximate surface area is 162 Å². The third-order valence-electron chi connectivity index (χ3n) is 5.04. The van der Waals surface area contributed by atoms with Gasteiger partial charge in [0, 0.05) is 0 Å². The summed E-state index contributed by atoms with van der Waals surface area (Å²) in [6.45, 7) is 0. The number of hydrogen-bond acceptors (Lipinski definition) is 0. The second kappa shape index (κ2) is 8.13. The van der Waals surface area contributed by atoms with Crippen LogP contribution in [0, 0.1) is 0 Å². The van der Waals surface area contributed by atoms with E-state index in [1.807, 2.05) is 0 Å². The van der Waals surface area contributed by atoms with Crippen molar-refractivity contribution in [2.24, 2.45) is 0 Å². The van der Waals surface area contributed by atoms with E-state index in [4.69, 9.17) is 0 Å². The Morgan fingerprint density at radius 3 is 1.28 bits per heavy atom. The van der Waals surface area contributed by atoms with Gasteiger partial charge in [-0.3, -0.25) is 0 Å². The molecule has 130 valence electrons. The second-order valence-corrected chi connectivity index (χ2v) is 15.5. The van der Waals surface area contributed by atoms with Crippen LogP contribution in [0.1, 0.15) is 12.8 Å². The van der Waals surface area contributed by atoms with Gasteiger partial charge in [-0.05, 0) is 0 Å². The molecule has 0 aromatic heterocycles. The van der Waals surface area contributed by atoms with E-state index in [-0.39, 0.29) is 0 Å². The fourth-order valence-corrected chi connectivity index (χ4v) is 11.3. The van der Waals surface area contributed by atoms with Crippen LogP contribution in [-0.4, -0.2) is 11.5 Å². The molecule has 0 saturated heterocycles. The molecule has 0 saturated carbocycles. The summed E-state index contributed by atoms with van der Waals surface area (Å²) >= 11 is 3.61. The van der Waals surface area contributed by atoms with Gasteiger partial charge in [-0.1, -0.05) is 0 Å². The number of alkyl halides is 1. The summed E-state index contributed by atoms with van der Waals surface area (Å²) < 4.78 is 0. The van der Waals surface area contributed by atoms with Crippen molar-refractivity contribution < 1.29 is 0 Å². The van der Waals surface area contributed by atoms with Gasteiger partial charge in [-0.2, -0.15) is 0 Å². The first-order valence-electron chi connectivity index (χ1n) is 8.74. The van der Waals surface area contributed by atoms with E-state index in [2.05, 4.69) is 116 Å². The number of rotatable bonds is 7. The number of unbranched alkanes of at least 4 members (excludes halogenated alkanes) is 1. The molecule has 0 amide bonds. The molecular weight excluding hydrogens is 406 g/mol. The zero-order chi connectivity index (χ0) is 17.6. The fourth-order valence-electron chi connectivity index (χ4n) is 3.67. The molecule has 0 radical (unpaired) electrons. The summed E-state index contributed by atoms with van der Waals surface area (Å²) in [5.41, 5.74) is 0. The maximum absolute atomic E-state index is 3.61. The molecule has 0 aliphatic carbocycles. The number of benzene rings is 3. The van der Waals surface area contributed by atoms with Crippen molar-refractivity contribution in [1.29, 1.82) is 0 Å². The van der Waals surface area contributed by atoms with E-state index >= 15 is 0 Å². The zero-order valence-electron chi connectivity index (χ0n) is 14.4.